The quantitative estimate of drug-likeness (QED) is 0.830. The summed E-state index contributed by atoms with van der Waals surface area (Å²) in [4.78, 5) is 2.47. The van der Waals surface area contributed by atoms with Crippen LogP contribution in [0.15, 0.2) is 22.8 Å². The van der Waals surface area contributed by atoms with E-state index in [4.69, 9.17) is 4.42 Å². The molecule has 0 aliphatic heterocycles. The van der Waals surface area contributed by atoms with Crippen molar-refractivity contribution < 1.29 is 4.42 Å². The zero-order chi connectivity index (χ0) is 15.3. The van der Waals surface area contributed by atoms with Crippen LogP contribution in [0.5, 0.6) is 0 Å². The first-order valence-electron chi connectivity index (χ1n) is 8.51. The van der Waals surface area contributed by atoms with E-state index in [9.17, 15) is 0 Å². The van der Waals surface area contributed by atoms with E-state index in [0.717, 1.165) is 24.6 Å². The lowest BCUT2D eigenvalue weighted by molar-refractivity contribution is 0.0417. The van der Waals surface area contributed by atoms with E-state index >= 15 is 0 Å². The zero-order valence-corrected chi connectivity index (χ0v) is 14.2. The van der Waals surface area contributed by atoms with Crippen LogP contribution in [0, 0.1) is 5.92 Å². The van der Waals surface area contributed by atoms with Gasteiger partial charge in [0.05, 0.1) is 6.26 Å². The number of nitrogens with zero attached hydrogens (tertiary/aromatic N) is 1. The Labute approximate surface area is 130 Å². The van der Waals surface area contributed by atoms with E-state index in [2.05, 4.69) is 44.2 Å². The fraction of sp³-hybridized carbons (Fsp3) is 0.778. The molecule has 21 heavy (non-hydrogen) atoms. The van der Waals surface area contributed by atoms with Gasteiger partial charge in [-0.05, 0) is 70.8 Å². The van der Waals surface area contributed by atoms with Gasteiger partial charge in [0.15, 0.2) is 0 Å². The highest BCUT2D eigenvalue weighted by Gasteiger charge is 2.42. The highest BCUT2D eigenvalue weighted by Crippen LogP contribution is 2.38. The lowest BCUT2D eigenvalue weighted by Gasteiger charge is -2.50. The molecule has 0 saturated heterocycles. The molecule has 1 fully saturated rings. The minimum atomic E-state index is 0.258. The van der Waals surface area contributed by atoms with E-state index < -0.39 is 0 Å². The maximum atomic E-state index is 5.62. The van der Waals surface area contributed by atoms with Gasteiger partial charge in [0, 0.05) is 18.0 Å². The normalized spacial score (nSPS) is 28.0. The van der Waals surface area contributed by atoms with Crippen molar-refractivity contribution in [1.82, 2.24) is 10.2 Å². The predicted octanol–water partition coefficient (Wildman–Crippen LogP) is 3.70. The lowest BCUT2D eigenvalue weighted by atomic mass is 9.71. The summed E-state index contributed by atoms with van der Waals surface area (Å²) in [6, 6.07) is 4.57. The van der Waals surface area contributed by atoms with E-state index in [1.165, 1.54) is 32.1 Å². The fourth-order valence-corrected chi connectivity index (χ4v) is 3.77. The van der Waals surface area contributed by atoms with E-state index in [-0.39, 0.29) is 5.54 Å². The van der Waals surface area contributed by atoms with Crippen LogP contribution < -0.4 is 5.32 Å². The van der Waals surface area contributed by atoms with Crippen LogP contribution in [0.4, 0.5) is 0 Å². The van der Waals surface area contributed by atoms with Crippen LogP contribution in [0.25, 0.3) is 0 Å². The predicted molar refractivity (Wildman–Crippen MR) is 88.5 cm³/mol. The van der Waals surface area contributed by atoms with Crippen molar-refractivity contribution in [2.75, 3.05) is 20.6 Å². The summed E-state index contributed by atoms with van der Waals surface area (Å²) < 4.78 is 5.62. The second kappa shape index (κ2) is 7.46. The summed E-state index contributed by atoms with van der Waals surface area (Å²) in [5.74, 6) is 1.97. The summed E-state index contributed by atoms with van der Waals surface area (Å²) in [5.41, 5.74) is 0.258. The summed E-state index contributed by atoms with van der Waals surface area (Å²) >= 11 is 0. The lowest BCUT2D eigenvalue weighted by Crippen LogP contribution is -2.61. The number of likely N-dealkylation sites (N-methyl/N-ethyl adjacent to an activating group) is 1. The molecule has 1 aliphatic rings. The van der Waals surface area contributed by atoms with Gasteiger partial charge in [-0.25, -0.2) is 0 Å². The van der Waals surface area contributed by atoms with Gasteiger partial charge in [-0.1, -0.05) is 13.8 Å². The van der Waals surface area contributed by atoms with Crippen molar-refractivity contribution >= 4 is 0 Å². The zero-order valence-electron chi connectivity index (χ0n) is 14.2. The third-order valence-corrected chi connectivity index (χ3v) is 5.31. The Hall–Kier alpha value is -0.800. The second-order valence-corrected chi connectivity index (χ2v) is 6.97. The molecule has 3 nitrogen and oxygen atoms in total. The SMILES string of the molecule is CCCNC(Cc1ccco1)C1(N(C)C)CCC(C)CC1. The molecule has 1 saturated carbocycles. The molecule has 1 aromatic heterocycles. The van der Waals surface area contributed by atoms with E-state index in [1.807, 2.05) is 6.07 Å². The molecule has 1 atom stereocenters. The molecule has 0 radical (unpaired) electrons. The topological polar surface area (TPSA) is 28.4 Å². The standard InChI is InChI=1S/C18H32N2O/c1-5-12-19-17(14-16-7-6-13-21-16)18(20(3)4)10-8-15(2)9-11-18/h6-7,13,15,17,19H,5,8-12,14H2,1-4H3. The Morgan fingerprint density at radius 2 is 2.10 bits per heavy atom. The Kier molecular flexibility index (Phi) is 5.88. The highest BCUT2D eigenvalue weighted by atomic mass is 16.3. The summed E-state index contributed by atoms with van der Waals surface area (Å²) in [5, 5.41) is 3.81. The fourth-order valence-electron chi connectivity index (χ4n) is 3.77. The van der Waals surface area contributed by atoms with Crippen molar-refractivity contribution in [3.8, 4) is 0 Å². The van der Waals surface area contributed by atoms with Gasteiger partial charge in [-0.3, -0.25) is 0 Å². The average Bonchev–Trinajstić information content (AvgIpc) is 2.97. The van der Waals surface area contributed by atoms with Crippen molar-refractivity contribution in [2.24, 2.45) is 5.92 Å². The molecule has 120 valence electrons. The van der Waals surface area contributed by atoms with E-state index in [0.29, 0.717) is 6.04 Å². The third kappa shape index (κ3) is 3.89. The Morgan fingerprint density at radius 3 is 2.62 bits per heavy atom. The summed E-state index contributed by atoms with van der Waals surface area (Å²) in [6.07, 6.45) is 9.18. The molecule has 0 bridgehead atoms. The minimum absolute atomic E-state index is 0.258. The van der Waals surface area contributed by atoms with Gasteiger partial charge in [0.2, 0.25) is 0 Å². The molecule has 0 amide bonds. The van der Waals surface area contributed by atoms with Crippen LogP contribution in [0.3, 0.4) is 0 Å². The first kappa shape index (κ1) is 16.6. The molecule has 2 rings (SSSR count). The first-order valence-corrected chi connectivity index (χ1v) is 8.51. The van der Waals surface area contributed by atoms with Gasteiger partial charge in [-0.15, -0.1) is 0 Å². The van der Waals surface area contributed by atoms with Crippen LogP contribution in [0.1, 0.15) is 51.7 Å². The van der Waals surface area contributed by atoms with Gasteiger partial charge < -0.3 is 14.6 Å². The highest BCUT2D eigenvalue weighted by molar-refractivity contribution is 5.08. The number of furan rings is 1. The Morgan fingerprint density at radius 1 is 1.38 bits per heavy atom. The number of hydrogen-bond donors (Lipinski definition) is 1. The van der Waals surface area contributed by atoms with Crippen LogP contribution in [-0.4, -0.2) is 37.1 Å². The number of hydrogen-bond acceptors (Lipinski definition) is 3. The Bertz CT molecular complexity index is 391. The molecular weight excluding hydrogens is 260 g/mol. The van der Waals surface area contributed by atoms with Gasteiger partial charge in [0.25, 0.3) is 0 Å². The molecule has 0 aromatic carbocycles. The monoisotopic (exact) mass is 292 g/mol. The number of nitrogens with one attached hydrogen (secondary N) is 1. The molecule has 3 heteroatoms. The summed E-state index contributed by atoms with van der Waals surface area (Å²) in [7, 11) is 4.50. The second-order valence-electron chi connectivity index (χ2n) is 6.97. The van der Waals surface area contributed by atoms with Crippen molar-refractivity contribution in [3.63, 3.8) is 0 Å². The first-order chi connectivity index (χ1) is 10.1. The molecule has 1 aromatic rings. The number of rotatable bonds is 7. The van der Waals surface area contributed by atoms with Crippen LogP contribution >= 0.6 is 0 Å². The molecule has 0 spiro atoms. The van der Waals surface area contributed by atoms with Crippen LogP contribution in [0.2, 0.25) is 0 Å². The van der Waals surface area contributed by atoms with Crippen molar-refractivity contribution in [3.05, 3.63) is 24.2 Å². The molecule has 1 aliphatic carbocycles. The van der Waals surface area contributed by atoms with Gasteiger partial charge in [0.1, 0.15) is 5.76 Å². The maximum Gasteiger partial charge on any atom is 0.105 e. The molecule has 1 unspecified atom stereocenters. The minimum Gasteiger partial charge on any atom is -0.469 e. The average molecular weight is 292 g/mol. The van der Waals surface area contributed by atoms with E-state index in [1.54, 1.807) is 6.26 Å². The molecule has 1 N–H and O–H groups in total. The van der Waals surface area contributed by atoms with Crippen LogP contribution in [-0.2, 0) is 6.42 Å². The summed E-state index contributed by atoms with van der Waals surface area (Å²) in [6.45, 7) is 5.71. The van der Waals surface area contributed by atoms with Crippen molar-refractivity contribution in [2.45, 2.75) is 64.0 Å². The smallest absolute Gasteiger partial charge is 0.105 e. The third-order valence-electron chi connectivity index (χ3n) is 5.31. The largest absolute Gasteiger partial charge is 0.469 e. The molecular formula is C18H32N2O. The van der Waals surface area contributed by atoms with Crippen molar-refractivity contribution in [1.29, 1.82) is 0 Å². The maximum absolute atomic E-state index is 5.62. The van der Waals surface area contributed by atoms with Gasteiger partial charge in [-0.2, -0.15) is 0 Å². The Balaban J connectivity index is 2.17. The van der Waals surface area contributed by atoms with Gasteiger partial charge >= 0.3 is 0 Å². The molecule has 1 heterocycles.